The summed E-state index contributed by atoms with van der Waals surface area (Å²) < 4.78 is 0. The zero-order valence-electron chi connectivity index (χ0n) is 7.24. The molecule has 0 fully saturated rings. The van der Waals surface area contributed by atoms with E-state index in [2.05, 4.69) is 16.0 Å². The highest BCUT2D eigenvalue weighted by atomic mass is 35.5. The van der Waals surface area contributed by atoms with Crippen LogP contribution in [0, 0.1) is 11.3 Å². The van der Waals surface area contributed by atoms with Gasteiger partial charge in [0, 0.05) is 19.8 Å². The summed E-state index contributed by atoms with van der Waals surface area (Å²) in [5.74, 6) is 0.732. The summed E-state index contributed by atoms with van der Waals surface area (Å²) in [5.41, 5.74) is 0. The Bertz CT molecular complexity index is 320. The van der Waals surface area contributed by atoms with Crippen molar-refractivity contribution in [3.63, 3.8) is 0 Å². The van der Waals surface area contributed by atoms with Crippen LogP contribution in [0.4, 0.5) is 5.82 Å². The molecule has 0 aromatic carbocycles. The van der Waals surface area contributed by atoms with Gasteiger partial charge in [0.15, 0.2) is 0 Å². The van der Waals surface area contributed by atoms with E-state index in [1.165, 1.54) is 0 Å². The van der Waals surface area contributed by atoms with Crippen LogP contribution in [-0.2, 0) is 0 Å². The fraction of sp³-hybridized carbons (Fsp3) is 0.375. The van der Waals surface area contributed by atoms with Gasteiger partial charge >= 0.3 is 0 Å². The highest BCUT2D eigenvalue weighted by molar-refractivity contribution is 6.28. The first-order valence-corrected chi connectivity index (χ1v) is 4.18. The monoisotopic (exact) mass is 196 g/mol. The maximum atomic E-state index is 8.38. The van der Waals surface area contributed by atoms with Crippen molar-refractivity contribution in [2.45, 2.75) is 6.42 Å². The van der Waals surface area contributed by atoms with E-state index < -0.39 is 0 Å². The molecule has 0 aliphatic carbocycles. The molecule has 68 valence electrons. The lowest BCUT2D eigenvalue weighted by Gasteiger charge is -2.15. The third-order valence-corrected chi connectivity index (χ3v) is 1.74. The number of anilines is 1. The summed E-state index contributed by atoms with van der Waals surface area (Å²) in [6.45, 7) is 0.643. The van der Waals surface area contributed by atoms with Crippen molar-refractivity contribution in [2.75, 3.05) is 18.5 Å². The molecular formula is C8H9ClN4. The van der Waals surface area contributed by atoms with Gasteiger partial charge in [-0.05, 0) is 17.7 Å². The Labute approximate surface area is 81.8 Å². The molecule has 0 radical (unpaired) electrons. The van der Waals surface area contributed by atoms with Crippen LogP contribution < -0.4 is 4.90 Å². The molecule has 5 heteroatoms. The maximum absolute atomic E-state index is 8.38. The van der Waals surface area contributed by atoms with Gasteiger partial charge in [0.05, 0.1) is 12.5 Å². The van der Waals surface area contributed by atoms with Crippen molar-refractivity contribution in [1.82, 2.24) is 9.97 Å². The van der Waals surface area contributed by atoms with Crippen molar-refractivity contribution >= 4 is 17.4 Å². The second-order valence-electron chi connectivity index (χ2n) is 2.51. The fourth-order valence-corrected chi connectivity index (χ4v) is 1.01. The lowest BCUT2D eigenvalue weighted by Crippen LogP contribution is -2.19. The third-order valence-electron chi connectivity index (χ3n) is 1.56. The molecule has 4 nitrogen and oxygen atoms in total. The summed E-state index contributed by atoms with van der Waals surface area (Å²) >= 11 is 5.61. The first-order chi connectivity index (χ1) is 6.24. The van der Waals surface area contributed by atoms with E-state index in [0.717, 1.165) is 5.82 Å². The highest BCUT2D eigenvalue weighted by Gasteiger charge is 2.01. The van der Waals surface area contributed by atoms with Gasteiger partial charge in [-0.25, -0.2) is 9.97 Å². The molecule has 0 N–H and O–H groups in total. The smallest absolute Gasteiger partial charge is 0.224 e. The second-order valence-corrected chi connectivity index (χ2v) is 2.85. The molecule has 0 spiro atoms. The van der Waals surface area contributed by atoms with Crippen LogP contribution in [0.15, 0.2) is 12.3 Å². The van der Waals surface area contributed by atoms with Gasteiger partial charge in [0.1, 0.15) is 5.82 Å². The minimum atomic E-state index is 0.223. The van der Waals surface area contributed by atoms with Gasteiger partial charge < -0.3 is 4.90 Å². The standard InChI is InChI=1S/C8H9ClN4/c1-13(6-2-4-10)7-3-5-11-8(9)12-7/h3,5H,2,6H2,1H3. The summed E-state index contributed by atoms with van der Waals surface area (Å²) in [6, 6.07) is 3.82. The van der Waals surface area contributed by atoms with Crippen molar-refractivity contribution in [2.24, 2.45) is 0 Å². The quantitative estimate of drug-likeness (QED) is 0.688. The zero-order chi connectivity index (χ0) is 9.68. The molecule has 1 heterocycles. The SMILES string of the molecule is CN(CCC#N)c1ccnc(Cl)n1. The van der Waals surface area contributed by atoms with Crippen LogP contribution in [0.5, 0.6) is 0 Å². The van der Waals surface area contributed by atoms with E-state index in [1.54, 1.807) is 12.3 Å². The van der Waals surface area contributed by atoms with Crippen LogP contribution in [0.25, 0.3) is 0 Å². The van der Waals surface area contributed by atoms with Crippen LogP contribution in [-0.4, -0.2) is 23.6 Å². The van der Waals surface area contributed by atoms with E-state index in [-0.39, 0.29) is 5.28 Å². The molecule has 1 aromatic heterocycles. The van der Waals surface area contributed by atoms with Gasteiger partial charge in [0.25, 0.3) is 0 Å². The number of nitriles is 1. The van der Waals surface area contributed by atoms with E-state index in [4.69, 9.17) is 16.9 Å². The van der Waals surface area contributed by atoms with E-state index in [9.17, 15) is 0 Å². The van der Waals surface area contributed by atoms with Crippen LogP contribution >= 0.6 is 11.6 Å². The van der Waals surface area contributed by atoms with Gasteiger partial charge in [-0.15, -0.1) is 0 Å². The summed E-state index contributed by atoms with van der Waals surface area (Å²) in [5, 5.41) is 8.60. The number of halogens is 1. The molecule has 13 heavy (non-hydrogen) atoms. The molecule has 0 amide bonds. The predicted octanol–water partition coefficient (Wildman–Crippen LogP) is 1.48. The Kier molecular flexibility index (Phi) is 3.47. The third kappa shape index (κ3) is 2.88. The van der Waals surface area contributed by atoms with Crippen molar-refractivity contribution < 1.29 is 0 Å². The average Bonchev–Trinajstić information content (AvgIpc) is 2.14. The number of nitrogens with zero attached hydrogens (tertiary/aromatic N) is 4. The molecule has 0 atom stereocenters. The predicted molar refractivity (Wildman–Crippen MR) is 50.5 cm³/mol. The Morgan fingerprint density at radius 1 is 1.69 bits per heavy atom. The van der Waals surface area contributed by atoms with Crippen LogP contribution in [0.2, 0.25) is 5.28 Å². The van der Waals surface area contributed by atoms with Crippen molar-refractivity contribution in [1.29, 1.82) is 5.26 Å². The topological polar surface area (TPSA) is 52.8 Å². The Morgan fingerprint density at radius 2 is 2.46 bits per heavy atom. The molecule has 0 unspecified atom stereocenters. The first kappa shape index (κ1) is 9.75. The Morgan fingerprint density at radius 3 is 3.08 bits per heavy atom. The number of rotatable bonds is 3. The number of hydrogen-bond acceptors (Lipinski definition) is 4. The van der Waals surface area contributed by atoms with Crippen molar-refractivity contribution in [3.05, 3.63) is 17.5 Å². The summed E-state index contributed by atoms with van der Waals surface area (Å²) in [7, 11) is 1.86. The number of aromatic nitrogens is 2. The molecule has 1 rings (SSSR count). The molecule has 0 bridgehead atoms. The minimum Gasteiger partial charge on any atom is -0.359 e. The van der Waals surface area contributed by atoms with Gasteiger partial charge in [-0.2, -0.15) is 5.26 Å². The Balaban J connectivity index is 2.66. The van der Waals surface area contributed by atoms with Crippen LogP contribution in [0.1, 0.15) is 6.42 Å². The number of hydrogen-bond donors (Lipinski definition) is 0. The van der Waals surface area contributed by atoms with Gasteiger partial charge in [-0.1, -0.05) is 0 Å². The summed E-state index contributed by atoms with van der Waals surface area (Å²) in [4.78, 5) is 9.62. The molecule has 0 saturated heterocycles. The summed E-state index contributed by atoms with van der Waals surface area (Å²) in [6.07, 6.45) is 2.06. The first-order valence-electron chi connectivity index (χ1n) is 3.80. The lowest BCUT2D eigenvalue weighted by molar-refractivity contribution is 0.879. The molecule has 1 aromatic rings. The van der Waals surface area contributed by atoms with Crippen LogP contribution in [0.3, 0.4) is 0 Å². The second kappa shape index (κ2) is 4.63. The lowest BCUT2D eigenvalue weighted by atomic mass is 10.4. The van der Waals surface area contributed by atoms with Crippen molar-refractivity contribution in [3.8, 4) is 6.07 Å². The van der Waals surface area contributed by atoms with Gasteiger partial charge in [0.2, 0.25) is 5.28 Å². The molecule has 0 aliphatic heterocycles. The largest absolute Gasteiger partial charge is 0.359 e. The molecule has 0 saturated carbocycles. The average molecular weight is 197 g/mol. The van der Waals surface area contributed by atoms with Gasteiger partial charge in [-0.3, -0.25) is 0 Å². The Hall–Kier alpha value is -1.34. The molecule has 0 aliphatic rings. The fourth-order valence-electron chi connectivity index (χ4n) is 0.871. The minimum absolute atomic E-state index is 0.223. The molecular weight excluding hydrogens is 188 g/mol. The van der Waals surface area contributed by atoms with E-state index in [0.29, 0.717) is 13.0 Å². The highest BCUT2D eigenvalue weighted by Crippen LogP contribution is 2.10. The van der Waals surface area contributed by atoms with E-state index in [1.807, 2.05) is 11.9 Å². The normalized spacial score (nSPS) is 9.31. The zero-order valence-corrected chi connectivity index (χ0v) is 7.99. The maximum Gasteiger partial charge on any atom is 0.224 e. The van der Waals surface area contributed by atoms with E-state index >= 15 is 0 Å².